The summed E-state index contributed by atoms with van der Waals surface area (Å²) in [6.07, 6.45) is 7.42. The molecule has 0 aromatic heterocycles. The summed E-state index contributed by atoms with van der Waals surface area (Å²) < 4.78 is 1.12. The number of halogens is 2. The first-order chi connectivity index (χ1) is 7.97. The quantitative estimate of drug-likeness (QED) is 0.592. The van der Waals surface area contributed by atoms with E-state index < -0.39 is 0 Å². The predicted octanol–water partition coefficient (Wildman–Crippen LogP) is 6.09. The zero-order chi connectivity index (χ0) is 13.0. The second-order valence-corrected chi connectivity index (χ2v) is 5.45. The third-order valence-electron chi connectivity index (χ3n) is 2.89. The maximum Gasteiger partial charge on any atom is 0.0444 e. The van der Waals surface area contributed by atoms with Crippen molar-refractivity contribution in [1.82, 2.24) is 0 Å². The van der Waals surface area contributed by atoms with Crippen LogP contribution in [0.1, 0.15) is 37.0 Å². The van der Waals surface area contributed by atoms with Crippen molar-refractivity contribution in [2.45, 2.75) is 34.1 Å². The van der Waals surface area contributed by atoms with Crippen molar-refractivity contribution in [3.63, 3.8) is 0 Å². The maximum atomic E-state index is 6.19. The molecule has 0 saturated carbocycles. The number of benzene rings is 1. The number of rotatable bonds is 3. The van der Waals surface area contributed by atoms with Crippen LogP contribution in [0.25, 0.3) is 6.08 Å². The highest BCUT2D eigenvalue weighted by Gasteiger charge is 2.07. The minimum absolute atomic E-state index is 0.821. The average molecular weight is 314 g/mol. The van der Waals surface area contributed by atoms with Crippen molar-refractivity contribution in [2.24, 2.45) is 0 Å². The summed E-state index contributed by atoms with van der Waals surface area (Å²) in [6.45, 7) is 8.39. The molecule has 0 saturated heterocycles. The monoisotopic (exact) mass is 312 g/mol. The van der Waals surface area contributed by atoms with E-state index in [1.54, 1.807) is 0 Å². The third-order valence-corrected chi connectivity index (χ3v) is 4.33. The lowest BCUT2D eigenvalue weighted by atomic mass is 10.0. The molecule has 0 aliphatic heterocycles. The van der Waals surface area contributed by atoms with Crippen LogP contribution in [0.3, 0.4) is 0 Å². The Morgan fingerprint density at radius 2 is 2.06 bits per heavy atom. The summed E-state index contributed by atoms with van der Waals surface area (Å²) in [5, 5.41) is 0.821. The van der Waals surface area contributed by atoms with E-state index in [4.69, 9.17) is 11.6 Å². The molecule has 0 aliphatic carbocycles. The molecule has 17 heavy (non-hydrogen) atoms. The topological polar surface area (TPSA) is 0 Å². The van der Waals surface area contributed by atoms with Gasteiger partial charge in [0.1, 0.15) is 0 Å². The van der Waals surface area contributed by atoms with Crippen molar-refractivity contribution in [3.05, 3.63) is 50.0 Å². The van der Waals surface area contributed by atoms with Gasteiger partial charge in [0.05, 0.1) is 0 Å². The molecule has 1 aromatic carbocycles. The summed E-state index contributed by atoms with van der Waals surface area (Å²) in [7, 11) is 0. The summed E-state index contributed by atoms with van der Waals surface area (Å²) in [5.74, 6) is 0. The first-order valence-corrected chi connectivity index (χ1v) is 6.93. The molecule has 0 unspecified atom stereocenters. The first kappa shape index (κ1) is 14.5. The van der Waals surface area contributed by atoms with Gasteiger partial charge in [-0.15, -0.1) is 0 Å². The SMILES string of the molecule is CC/C(C)=C/C=C\c1c(C)c(Cl)cc(C)c1Br. The van der Waals surface area contributed by atoms with Gasteiger partial charge in [0, 0.05) is 9.50 Å². The third kappa shape index (κ3) is 3.72. The Labute approximate surface area is 118 Å². The van der Waals surface area contributed by atoms with Crippen LogP contribution in [0.4, 0.5) is 0 Å². The zero-order valence-corrected chi connectivity index (χ0v) is 13.1. The second kappa shape index (κ2) is 6.42. The molecule has 0 heterocycles. The van der Waals surface area contributed by atoms with Crippen LogP contribution in [-0.4, -0.2) is 0 Å². The van der Waals surface area contributed by atoms with E-state index in [1.807, 2.05) is 13.0 Å². The molecule has 0 aliphatic rings. The number of aryl methyl sites for hydroxylation is 1. The molecule has 0 amide bonds. The van der Waals surface area contributed by atoms with E-state index in [9.17, 15) is 0 Å². The smallest absolute Gasteiger partial charge is 0.0444 e. The van der Waals surface area contributed by atoms with E-state index in [-0.39, 0.29) is 0 Å². The standard InChI is InChI=1S/C15H18BrCl/c1-5-10(2)7-6-8-13-12(4)14(17)9-11(3)15(13)16/h6-9H,5H2,1-4H3/b8-6-,10-7+. The molecule has 0 spiro atoms. The predicted molar refractivity (Wildman–Crippen MR) is 81.7 cm³/mol. The molecule has 1 rings (SSSR count). The van der Waals surface area contributed by atoms with Gasteiger partial charge in [0.15, 0.2) is 0 Å². The van der Waals surface area contributed by atoms with Crippen LogP contribution in [0.5, 0.6) is 0 Å². The van der Waals surface area contributed by atoms with Crippen LogP contribution >= 0.6 is 27.5 Å². The molecule has 0 nitrogen and oxygen atoms in total. The van der Waals surface area contributed by atoms with Crippen molar-refractivity contribution < 1.29 is 0 Å². The highest BCUT2D eigenvalue weighted by atomic mass is 79.9. The zero-order valence-electron chi connectivity index (χ0n) is 10.8. The maximum absolute atomic E-state index is 6.19. The molecule has 0 bridgehead atoms. The molecular weight excluding hydrogens is 296 g/mol. The van der Waals surface area contributed by atoms with Gasteiger partial charge in [-0.2, -0.15) is 0 Å². The summed E-state index contributed by atoms with van der Waals surface area (Å²) >= 11 is 9.81. The van der Waals surface area contributed by atoms with E-state index in [2.05, 4.69) is 54.9 Å². The fourth-order valence-electron chi connectivity index (χ4n) is 1.49. The number of allylic oxidation sites excluding steroid dienone is 3. The van der Waals surface area contributed by atoms with Crippen LogP contribution in [0, 0.1) is 13.8 Å². The van der Waals surface area contributed by atoms with Gasteiger partial charge in [-0.1, -0.05) is 42.3 Å². The summed E-state index contributed by atoms with van der Waals surface area (Å²) in [6, 6.07) is 1.99. The Morgan fingerprint density at radius 1 is 1.41 bits per heavy atom. The van der Waals surface area contributed by atoms with Gasteiger partial charge in [-0.05, 0) is 65.9 Å². The van der Waals surface area contributed by atoms with E-state index >= 15 is 0 Å². The second-order valence-electron chi connectivity index (χ2n) is 4.25. The van der Waals surface area contributed by atoms with Crippen molar-refractivity contribution in [1.29, 1.82) is 0 Å². The molecule has 0 fully saturated rings. The molecule has 0 N–H and O–H groups in total. The Morgan fingerprint density at radius 3 is 2.65 bits per heavy atom. The first-order valence-electron chi connectivity index (χ1n) is 5.76. The molecule has 0 atom stereocenters. The van der Waals surface area contributed by atoms with Gasteiger partial charge in [-0.3, -0.25) is 0 Å². The Balaban J connectivity index is 3.15. The molecule has 1 aromatic rings. The average Bonchev–Trinajstić information content (AvgIpc) is 2.30. The molecule has 2 heteroatoms. The Hall–Kier alpha value is -0.530. The number of hydrogen-bond donors (Lipinski definition) is 0. The lowest BCUT2D eigenvalue weighted by Gasteiger charge is -2.09. The molecule has 0 radical (unpaired) electrons. The minimum Gasteiger partial charge on any atom is -0.0840 e. The van der Waals surface area contributed by atoms with Gasteiger partial charge < -0.3 is 0 Å². The van der Waals surface area contributed by atoms with E-state index in [0.717, 1.165) is 32.6 Å². The van der Waals surface area contributed by atoms with Gasteiger partial charge in [-0.25, -0.2) is 0 Å². The minimum atomic E-state index is 0.821. The largest absolute Gasteiger partial charge is 0.0840 e. The normalized spacial score (nSPS) is 12.5. The van der Waals surface area contributed by atoms with E-state index in [1.165, 1.54) is 5.57 Å². The highest BCUT2D eigenvalue weighted by Crippen LogP contribution is 2.31. The van der Waals surface area contributed by atoms with Crippen LogP contribution in [0.15, 0.2) is 28.3 Å². The van der Waals surface area contributed by atoms with Gasteiger partial charge in [0.25, 0.3) is 0 Å². The lowest BCUT2D eigenvalue weighted by molar-refractivity contribution is 1.10. The van der Waals surface area contributed by atoms with Gasteiger partial charge in [0.2, 0.25) is 0 Å². The molecular formula is C15H18BrCl. The van der Waals surface area contributed by atoms with Crippen molar-refractivity contribution in [3.8, 4) is 0 Å². The number of hydrogen-bond acceptors (Lipinski definition) is 0. The fourth-order valence-corrected chi connectivity index (χ4v) is 2.30. The van der Waals surface area contributed by atoms with Crippen LogP contribution < -0.4 is 0 Å². The van der Waals surface area contributed by atoms with Crippen molar-refractivity contribution in [2.75, 3.05) is 0 Å². The van der Waals surface area contributed by atoms with Crippen LogP contribution in [0.2, 0.25) is 5.02 Å². The van der Waals surface area contributed by atoms with Gasteiger partial charge >= 0.3 is 0 Å². The fraction of sp³-hybridized carbons (Fsp3) is 0.333. The summed E-state index contributed by atoms with van der Waals surface area (Å²) in [5.41, 5.74) is 4.81. The summed E-state index contributed by atoms with van der Waals surface area (Å²) in [4.78, 5) is 0. The Kier molecular flexibility index (Phi) is 5.48. The van der Waals surface area contributed by atoms with Crippen LogP contribution in [-0.2, 0) is 0 Å². The van der Waals surface area contributed by atoms with E-state index in [0.29, 0.717) is 0 Å². The highest BCUT2D eigenvalue weighted by molar-refractivity contribution is 9.10. The van der Waals surface area contributed by atoms with Crippen molar-refractivity contribution >= 4 is 33.6 Å². The lowest BCUT2D eigenvalue weighted by Crippen LogP contribution is -1.88. The Bertz CT molecular complexity index is 444. The molecule has 92 valence electrons.